The van der Waals surface area contributed by atoms with Crippen LogP contribution < -0.4 is 11.1 Å². The number of aromatic nitrogens is 3. The van der Waals surface area contributed by atoms with E-state index in [1.165, 1.54) is 23.1 Å². The Morgan fingerprint density at radius 2 is 2.22 bits per heavy atom. The lowest BCUT2D eigenvalue weighted by Gasteiger charge is -2.12. The number of anilines is 1. The summed E-state index contributed by atoms with van der Waals surface area (Å²) in [6, 6.07) is 0. The third-order valence-corrected chi connectivity index (χ3v) is 6.94. The first-order valence-corrected chi connectivity index (χ1v) is 11.0. The number of amides is 2. The van der Waals surface area contributed by atoms with E-state index in [0.717, 1.165) is 60.7 Å². The van der Waals surface area contributed by atoms with Gasteiger partial charge in [0.05, 0.1) is 10.8 Å². The van der Waals surface area contributed by atoms with Crippen LogP contribution in [0.4, 0.5) is 5.00 Å². The number of hydrogen-bond acceptors (Lipinski definition) is 6. The van der Waals surface area contributed by atoms with E-state index in [0.29, 0.717) is 10.6 Å². The molecule has 0 saturated carbocycles. The number of carbonyl (C=O) groups is 2. The highest BCUT2D eigenvalue weighted by Gasteiger charge is 2.27. The van der Waals surface area contributed by atoms with Gasteiger partial charge in [-0.05, 0) is 38.2 Å². The Hall–Kier alpha value is -1.87. The first-order chi connectivity index (χ1) is 13.0. The second-order valence-corrected chi connectivity index (χ2v) is 9.10. The fourth-order valence-electron chi connectivity index (χ4n) is 3.20. The van der Waals surface area contributed by atoms with Crippen LogP contribution in [0.25, 0.3) is 0 Å². The van der Waals surface area contributed by atoms with Crippen LogP contribution in [0.15, 0.2) is 11.5 Å². The zero-order valence-corrected chi connectivity index (χ0v) is 17.3. The Morgan fingerprint density at radius 1 is 1.41 bits per heavy atom. The van der Waals surface area contributed by atoms with Gasteiger partial charge in [-0.15, -0.1) is 21.5 Å². The summed E-state index contributed by atoms with van der Waals surface area (Å²) in [4.78, 5) is 25.7. The van der Waals surface area contributed by atoms with Crippen molar-refractivity contribution in [2.75, 3.05) is 5.32 Å². The molecule has 0 bridgehead atoms. The molecule has 0 aliphatic heterocycles. The molecule has 2 aromatic rings. The summed E-state index contributed by atoms with van der Waals surface area (Å²) < 4.78 is 1.98. The van der Waals surface area contributed by atoms with Crippen molar-refractivity contribution in [2.24, 2.45) is 5.73 Å². The van der Waals surface area contributed by atoms with Gasteiger partial charge >= 0.3 is 0 Å². The maximum absolute atomic E-state index is 12.7. The van der Waals surface area contributed by atoms with E-state index in [-0.39, 0.29) is 11.2 Å². The van der Waals surface area contributed by atoms with Gasteiger partial charge in [0.2, 0.25) is 5.91 Å². The quantitative estimate of drug-likeness (QED) is 0.491. The second kappa shape index (κ2) is 8.88. The van der Waals surface area contributed by atoms with Crippen LogP contribution in [-0.2, 0) is 24.2 Å². The molecule has 2 aromatic heterocycles. The van der Waals surface area contributed by atoms with Gasteiger partial charge in [-0.25, -0.2) is 0 Å². The molecule has 0 fully saturated rings. The van der Waals surface area contributed by atoms with Gasteiger partial charge in [0.15, 0.2) is 5.16 Å². The van der Waals surface area contributed by atoms with Crippen molar-refractivity contribution in [1.82, 2.24) is 14.8 Å². The molecule has 2 heterocycles. The Morgan fingerprint density at radius 3 is 2.96 bits per heavy atom. The SMILES string of the molecule is CCCCCn1cnnc1S[C@H](C)C(=O)Nc1sc2c(c1C(N)=O)CCC2. The molecule has 1 atom stereocenters. The van der Waals surface area contributed by atoms with Crippen molar-refractivity contribution < 1.29 is 9.59 Å². The molecular weight excluding hydrogens is 382 g/mol. The predicted octanol–water partition coefficient (Wildman–Crippen LogP) is 3.24. The maximum Gasteiger partial charge on any atom is 0.251 e. The largest absolute Gasteiger partial charge is 0.365 e. The number of carbonyl (C=O) groups excluding carboxylic acids is 2. The summed E-state index contributed by atoms with van der Waals surface area (Å²) in [6.07, 6.45) is 7.90. The van der Waals surface area contributed by atoms with Gasteiger partial charge in [-0.1, -0.05) is 31.5 Å². The van der Waals surface area contributed by atoms with Crippen molar-refractivity contribution in [3.05, 3.63) is 22.3 Å². The van der Waals surface area contributed by atoms with Crippen LogP contribution in [0.3, 0.4) is 0 Å². The number of primary amides is 1. The van der Waals surface area contributed by atoms with E-state index in [1.54, 1.807) is 6.33 Å². The smallest absolute Gasteiger partial charge is 0.251 e. The minimum atomic E-state index is -0.472. The van der Waals surface area contributed by atoms with Gasteiger partial charge in [0.25, 0.3) is 5.91 Å². The van der Waals surface area contributed by atoms with E-state index >= 15 is 0 Å². The Labute approximate surface area is 167 Å². The molecule has 9 heteroatoms. The number of aryl methyl sites for hydroxylation is 2. The molecule has 0 aromatic carbocycles. The molecule has 0 spiro atoms. The molecule has 1 aliphatic rings. The zero-order valence-electron chi connectivity index (χ0n) is 15.7. The number of thiophene rings is 1. The summed E-state index contributed by atoms with van der Waals surface area (Å²) in [7, 11) is 0. The third-order valence-electron chi connectivity index (χ3n) is 4.64. The van der Waals surface area contributed by atoms with Crippen LogP contribution >= 0.6 is 23.1 Å². The molecular formula is C18H25N5O2S2. The highest BCUT2D eigenvalue weighted by atomic mass is 32.2. The summed E-state index contributed by atoms with van der Waals surface area (Å²) in [6.45, 7) is 4.84. The fourth-order valence-corrected chi connectivity index (χ4v) is 5.35. The van der Waals surface area contributed by atoms with Crippen LogP contribution in [0.5, 0.6) is 0 Å². The highest BCUT2D eigenvalue weighted by Crippen LogP contribution is 2.39. The van der Waals surface area contributed by atoms with Gasteiger partial charge in [-0.2, -0.15) is 0 Å². The standard InChI is InChI=1S/C18H25N5O2S2/c1-3-4-5-9-23-10-20-22-18(23)26-11(2)16(25)21-17-14(15(19)24)12-7-6-8-13(12)27-17/h10-11H,3-9H2,1-2H3,(H2,19,24)(H,21,25)/t11-/m1/s1. The summed E-state index contributed by atoms with van der Waals surface area (Å²) in [5, 5.41) is 12.0. The molecule has 3 N–H and O–H groups in total. The number of thioether (sulfide) groups is 1. The molecule has 7 nitrogen and oxygen atoms in total. The van der Waals surface area contributed by atoms with Gasteiger partial charge in [-0.3, -0.25) is 9.59 Å². The number of rotatable bonds is 9. The second-order valence-electron chi connectivity index (χ2n) is 6.69. The Kier molecular flexibility index (Phi) is 6.54. The van der Waals surface area contributed by atoms with E-state index in [2.05, 4.69) is 22.4 Å². The minimum Gasteiger partial charge on any atom is -0.365 e. The van der Waals surface area contributed by atoms with Crippen LogP contribution in [0, 0.1) is 0 Å². The van der Waals surface area contributed by atoms with E-state index in [4.69, 9.17) is 5.73 Å². The summed E-state index contributed by atoms with van der Waals surface area (Å²) in [5.74, 6) is -0.633. The van der Waals surface area contributed by atoms with E-state index < -0.39 is 5.91 Å². The molecule has 0 unspecified atom stereocenters. The Bertz CT molecular complexity index is 830. The number of nitrogens with one attached hydrogen (secondary N) is 1. The molecule has 0 saturated heterocycles. The first-order valence-electron chi connectivity index (χ1n) is 9.31. The molecule has 1 aliphatic carbocycles. The number of nitrogens with zero attached hydrogens (tertiary/aromatic N) is 3. The van der Waals surface area contributed by atoms with Crippen molar-refractivity contribution in [2.45, 2.75) is 69.3 Å². The lowest BCUT2D eigenvalue weighted by molar-refractivity contribution is -0.115. The monoisotopic (exact) mass is 407 g/mol. The van der Waals surface area contributed by atoms with Crippen molar-refractivity contribution in [3.8, 4) is 0 Å². The average molecular weight is 408 g/mol. The number of hydrogen-bond donors (Lipinski definition) is 2. The predicted molar refractivity (Wildman–Crippen MR) is 108 cm³/mol. The van der Waals surface area contributed by atoms with Crippen molar-refractivity contribution >= 4 is 39.9 Å². The van der Waals surface area contributed by atoms with E-state index in [9.17, 15) is 9.59 Å². The topological polar surface area (TPSA) is 103 Å². The van der Waals surface area contributed by atoms with E-state index in [1.807, 2.05) is 11.5 Å². The highest BCUT2D eigenvalue weighted by molar-refractivity contribution is 8.00. The number of unbranched alkanes of at least 4 members (excludes halogenated alkanes) is 2. The normalized spacial score (nSPS) is 14.1. The zero-order chi connectivity index (χ0) is 19.4. The maximum atomic E-state index is 12.7. The molecule has 0 radical (unpaired) electrons. The lowest BCUT2D eigenvalue weighted by atomic mass is 10.1. The van der Waals surface area contributed by atoms with Gasteiger partial charge < -0.3 is 15.6 Å². The molecule has 27 heavy (non-hydrogen) atoms. The molecule has 2 amide bonds. The minimum absolute atomic E-state index is 0.162. The Balaban J connectivity index is 1.66. The third kappa shape index (κ3) is 4.52. The van der Waals surface area contributed by atoms with Crippen LogP contribution in [-0.4, -0.2) is 31.8 Å². The lowest BCUT2D eigenvalue weighted by Crippen LogP contribution is -2.24. The number of nitrogens with two attached hydrogens (primary N) is 1. The average Bonchev–Trinajstić information content (AvgIpc) is 3.31. The van der Waals surface area contributed by atoms with Gasteiger partial charge in [0, 0.05) is 11.4 Å². The summed E-state index contributed by atoms with van der Waals surface area (Å²) >= 11 is 2.85. The van der Waals surface area contributed by atoms with Crippen molar-refractivity contribution in [1.29, 1.82) is 0 Å². The number of fused-ring (bicyclic) bond motifs is 1. The van der Waals surface area contributed by atoms with Crippen LogP contribution in [0.2, 0.25) is 0 Å². The van der Waals surface area contributed by atoms with Crippen LogP contribution in [0.1, 0.15) is 60.3 Å². The summed E-state index contributed by atoms with van der Waals surface area (Å²) in [5.41, 5.74) is 7.06. The molecule has 146 valence electrons. The fraction of sp³-hybridized carbons (Fsp3) is 0.556. The molecule has 3 rings (SSSR count). The first kappa shape index (κ1) is 19.9. The van der Waals surface area contributed by atoms with Crippen molar-refractivity contribution in [3.63, 3.8) is 0 Å². The van der Waals surface area contributed by atoms with Gasteiger partial charge in [0.1, 0.15) is 11.3 Å².